The molecule has 180 valence electrons. The molecule has 0 saturated heterocycles. The molecule has 0 saturated carbocycles. The van der Waals surface area contributed by atoms with Crippen LogP contribution >= 0.6 is 0 Å². The Morgan fingerprint density at radius 1 is 0.541 bits per heavy atom. The highest BCUT2D eigenvalue weighted by molar-refractivity contribution is 6.09. The molecule has 0 aliphatic rings. The van der Waals surface area contributed by atoms with Crippen molar-refractivity contribution in [2.75, 3.05) is 0 Å². The molecule has 1 heterocycles. The zero-order chi connectivity index (χ0) is 25.5. The fourth-order valence-electron chi connectivity index (χ4n) is 5.62. The van der Waals surface area contributed by atoms with Crippen molar-refractivity contribution in [2.45, 2.75) is 27.7 Å². The molecular formula is C36H31N. The molecule has 0 fully saturated rings. The molecule has 6 rings (SSSR count). The first kappa shape index (κ1) is 23.1. The van der Waals surface area contributed by atoms with Crippen LogP contribution in [0.5, 0.6) is 0 Å². The molecule has 0 N–H and O–H groups in total. The third-order valence-corrected chi connectivity index (χ3v) is 7.39. The van der Waals surface area contributed by atoms with E-state index in [0.717, 1.165) is 0 Å². The van der Waals surface area contributed by atoms with Gasteiger partial charge in [0.2, 0.25) is 0 Å². The SMILES string of the molecule is Cc1ccc(C(=Cc2ccc(-n3c4ccccc4c4ccccc43)cc2)c2ccc(C)cc2C)c(C)c1. The Labute approximate surface area is 219 Å². The van der Waals surface area contributed by atoms with Crippen LogP contribution in [0.3, 0.4) is 0 Å². The summed E-state index contributed by atoms with van der Waals surface area (Å²) >= 11 is 0. The van der Waals surface area contributed by atoms with Crippen molar-refractivity contribution < 1.29 is 0 Å². The van der Waals surface area contributed by atoms with Crippen molar-refractivity contribution in [3.8, 4) is 5.69 Å². The van der Waals surface area contributed by atoms with Crippen LogP contribution in [-0.4, -0.2) is 4.57 Å². The minimum atomic E-state index is 1.18. The van der Waals surface area contributed by atoms with Gasteiger partial charge in [0, 0.05) is 16.5 Å². The number of para-hydroxylation sites is 2. The van der Waals surface area contributed by atoms with Crippen LogP contribution in [-0.2, 0) is 0 Å². The van der Waals surface area contributed by atoms with Gasteiger partial charge < -0.3 is 4.57 Å². The standard InChI is InChI=1S/C36H31N/c1-24-13-19-30(26(3)21-24)34(31-20-14-25(2)22-27(31)4)23-28-15-17-29(18-16-28)37-35-11-7-5-9-32(35)33-10-6-8-12-36(33)37/h5-23H,1-4H3. The molecule has 37 heavy (non-hydrogen) atoms. The van der Waals surface area contributed by atoms with Gasteiger partial charge in [0.1, 0.15) is 0 Å². The monoisotopic (exact) mass is 477 g/mol. The lowest BCUT2D eigenvalue weighted by molar-refractivity contribution is 1.18. The lowest BCUT2D eigenvalue weighted by Crippen LogP contribution is -1.96. The molecule has 5 aromatic carbocycles. The van der Waals surface area contributed by atoms with Gasteiger partial charge in [-0.25, -0.2) is 0 Å². The third kappa shape index (κ3) is 4.17. The second kappa shape index (κ2) is 9.26. The Hall–Kier alpha value is -4.36. The fraction of sp³-hybridized carbons (Fsp3) is 0.111. The summed E-state index contributed by atoms with van der Waals surface area (Å²) in [7, 11) is 0. The molecule has 6 aromatic rings. The van der Waals surface area contributed by atoms with E-state index in [0.29, 0.717) is 0 Å². The van der Waals surface area contributed by atoms with E-state index in [-0.39, 0.29) is 0 Å². The van der Waals surface area contributed by atoms with Crippen molar-refractivity contribution in [1.82, 2.24) is 4.57 Å². The lowest BCUT2D eigenvalue weighted by atomic mass is 9.89. The topological polar surface area (TPSA) is 4.93 Å². The number of aryl methyl sites for hydroxylation is 4. The van der Waals surface area contributed by atoms with Gasteiger partial charge in [0.25, 0.3) is 0 Å². The van der Waals surface area contributed by atoms with E-state index in [4.69, 9.17) is 0 Å². The highest BCUT2D eigenvalue weighted by Gasteiger charge is 2.13. The minimum Gasteiger partial charge on any atom is -0.309 e. The smallest absolute Gasteiger partial charge is 0.0541 e. The quantitative estimate of drug-likeness (QED) is 0.223. The molecule has 0 atom stereocenters. The Morgan fingerprint density at radius 3 is 1.51 bits per heavy atom. The van der Waals surface area contributed by atoms with E-state index in [9.17, 15) is 0 Å². The fourth-order valence-corrected chi connectivity index (χ4v) is 5.62. The van der Waals surface area contributed by atoms with Crippen LogP contribution in [0.15, 0.2) is 109 Å². The van der Waals surface area contributed by atoms with Crippen LogP contribution in [0.4, 0.5) is 0 Å². The summed E-state index contributed by atoms with van der Waals surface area (Å²) in [6, 6.07) is 39.8. The summed E-state index contributed by atoms with van der Waals surface area (Å²) in [5.41, 5.74) is 13.8. The van der Waals surface area contributed by atoms with E-state index < -0.39 is 0 Å². The predicted molar refractivity (Wildman–Crippen MR) is 160 cm³/mol. The number of hydrogen-bond acceptors (Lipinski definition) is 0. The number of nitrogens with zero attached hydrogens (tertiary/aromatic N) is 1. The van der Waals surface area contributed by atoms with Crippen molar-refractivity contribution >= 4 is 33.5 Å². The first-order valence-electron chi connectivity index (χ1n) is 13.0. The molecule has 0 spiro atoms. The molecule has 0 unspecified atom stereocenters. The van der Waals surface area contributed by atoms with E-state index in [1.54, 1.807) is 0 Å². The Kier molecular flexibility index (Phi) is 5.77. The molecule has 1 heteroatoms. The number of hydrogen-bond donors (Lipinski definition) is 0. The molecular weight excluding hydrogens is 446 g/mol. The maximum absolute atomic E-state index is 2.37. The normalized spacial score (nSPS) is 11.2. The molecule has 1 nitrogen and oxygen atoms in total. The van der Waals surface area contributed by atoms with Crippen LogP contribution < -0.4 is 0 Å². The number of fused-ring (bicyclic) bond motifs is 3. The van der Waals surface area contributed by atoms with Gasteiger partial charge in [0.15, 0.2) is 0 Å². The van der Waals surface area contributed by atoms with Crippen LogP contribution in [0.25, 0.3) is 39.1 Å². The van der Waals surface area contributed by atoms with Gasteiger partial charge in [-0.15, -0.1) is 0 Å². The molecule has 1 aromatic heterocycles. The Balaban J connectivity index is 1.49. The van der Waals surface area contributed by atoms with Gasteiger partial charge >= 0.3 is 0 Å². The van der Waals surface area contributed by atoms with Crippen molar-refractivity contribution in [3.63, 3.8) is 0 Å². The van der Waals surface area contributed by atoms with E-state index in [2.05, 4.69) is 148 Å². The van der Waals surface area contributed by atoms with Gasteiger partial charge in [-0.2, -0.15) is 0 Å². The first-order valence-corrected chi connectivity index (χ1v) is 13.0. The second-order valence-electron chi connectivity index (χ2n) is 10.2. The van der Waals surface area contributed by atoms with Crippen molar-refractivity contribution in [2.24, 2.45) is 0 Å². The van der Waals surface area contributed by atoms with Crippen molar-refractivity contribution in [1.29, 1.82) is 0 Å². The minimum absolute atomic E-state index is 1.18. The molecule has 0 aliphatic heterocycles. The average molecular weight is 478 g/mol. The lowest BCUT2D eigenvalue weighted by Gasteiger charge is -2.16. The molecule has 0 radical (unpaired) electrons. The highest BCUT2D eigenvalue weighted by atomic mass is 15.0. The van der Waals surface area contributed by atoms with Gasteiger partial charge in [-0.05, 0) is 91.4 Å². The van der Waals surface area contributed by atoms with E-state index in [1.165, 1.54) is 72.0 Å². The average Bonchev–Trinajstić information content (AvgIpc) is 3.23. The predicted octanol–water partition coefficient (Wildman–Crippen LogP) is 9.61. The molecule has 0 aliphatic carbocycles. The van der Waals surface area contributed by atoms with Gasteiger partial charge in [-0.3, -0.25) is 0 Å². The molecule has 0 bridgehead atoms. The number of aromatic nitrogens is 1. The Bertz CT molecular complexity index is 1690. The summed E-state index contributed by atoms with van der Waals surface area (Å²) in [6.45, 7) is 8.74. The van der Waals surface area contributed by atoms with Crippen molar-refractivity contribution in [3.05, 3.63) is 148 Å². The maximum Gasteiger partial charge on any atom is 0.0541 e. The van der Waals surface area contributed by atoms with Crippen LogP contribution in [0, 0.1) is 27.7 Å². The van der Waals surface area contributed by atoms with Gasteiger partial charge in [0.05, 0.1) is 11.0 Å². The second-order valence-corrected chi connectivity index (χ2v) is 10.2. The zero-order valence-corrected chi connectivity index (χ0v) is 21.9. The maximum atomic E-state index is 2.37. The summed E-state index contributed by atoms with van der Waals surface area (Å²) in [4.78, 5) is 0. The number of rotatable bonds is 4. The highest BCUT2D eigenvalue weighted by Crippen LogP contribution is 2.34. The van der Waals surface area contributed by atoms with E-state index >= 15 is 0 Å². The summed E-state index contributed by atoms with van der Waals surface area (Å²) in [5, 5.41) is 2.57. The summed E-state index contributed by atoms with van der Waals surface area (Å²) < 4.78 is 2.37. The largest absolute Gasteiger partial charge is 0.309 e. The first-order chi connectivity index (χ1) is 18.0. The van der Waals surface area contributed by atoms with Crippen LogP contribution in [0.2, 0.25) is 0 Å². The zero-order valence-electron chi connectivity index (χ0n) is 21.9. The summed E-state index contributed by atoms with van der Waals surface area (Å²) in [6.07, 6.45) is 2.34. The Morgan fingerprint density at radius 2 is 1.03 bits per heavy atom. The van der Waals surface area contributed by atoms with Crippen LogP contribution in [0.1, 0.15) is 38.9 Å². The third-order valence-electron chi connectivity index (χ3n) is 7.39. The molecule has 0 amide bonds. The van der Waals surface area contributed by atoms with Gasteiger partial charge in [-0.1, -0.05) is 96.1 Å². The van der Waals surface area contributed by atoms with E-state index in [1.807, 2.05) is 0 Å². The summed E-state index contributed by atoms with van der Waals surface area (Å²) in [5.74, 6) is 0. The number of benzene rings is 5.